The van der Waals surface area contributed by atoms with Crippen LogP contribution in [0.5, 0.6) is 0 Å². The van der Waals surface area contributed by atoms with Crippen molar-refractivity contribution in [1.29, 1.82) is 0 Å². The van der Waals surface area contributed by atoms with E-state index in [1.54, 1.807) is 0 Å². The van der Waals surface area contributed by atoms with Crippen molar-refractivity contribution in [2.24, 2.45) is 0 Å². The van der Waals surface area contributed by atoms with E-state index in [4.69, 9.17) is 9.15 Å². The quantitative estimate of drug-likeness (QED) is 0.773. The molecule has 0 amide bonds. The smallest absolute Gasteiger partial charge is 0.134 e. The minimum Gasteiger partial charge on any atom is -0.460 e. The van der Waals surface area contributed by atoms with Crippen LogP contribution < -0.4 is 5.32 Å². The minimum atomic E-state index is 0.287. The lowest BCUT2D eigenvalue weighted by Gasteiger charge is -2.07. The van der Waals surface area contributed by atoms with Crippen molar-refractivity contribution in [3.8, 4) is 11.3 Å². The Kier molecular flexibility index (Phi) is 5.19. The molecule has 3 nitrogen and oxygen atoms in total. The molecule has 19 heavy (non-hydrogen) atoms. The lowest BCUT2D eigenvalue weighted by Crippen LogP contribution is -2.20. The number of hydrogen-bond acceptors (Lipinski definition) is 3. The first-order valence-corrected chi connectivity index (χ1v) is 6.72. The monoisotopic (exact) mass is 259 g/mol. The summed E-state index contributed by atoms with van der Waals surface area (Å²) >= 11 is 0. The van der Waals surface area contributed by atoms with Gasteiger partial charge in [-0.15, -0.1) is 0 Å². The van der Waals surface area contributed by atoms with Crippen LogP contribution in [-0.2, 0) is 11.3 Å². The van der Waals surface area contributed by atoms with Gasteiger partial charge in [0, 0.05) is 12.1 Å². The second-order valence-corrected chi connectivity index (χ2v) is 4.73. The van der Waals surface area contributed by atoms with E-state index in [9.17, 15) is 0 Å². The molecule has 1 heterocycles. The van der Waals surface area contributed by atoms with E-state index in [-0.39, 0.29) is 6.10 Å². The lowest BCUT2D eigenvalue weighted by atomic mass is 10.2. The van der Waals surface area contributed by atoms with Crippen molar-refractivity contribution in [3.63, 3.8) is 0 Å². The summed E-state index contributed by atoms with van der Waals surface area (Å²) in [6.45, 7) is 6.37. The fourth-order valence-electron chi connectivity index (χ4n) is 1.81. The van der Waals surface area contributed by atoms with Crippen LogP contribution in [0.1, 0.15) is 19.6 Å². The molecule has 0 unspecified atom stereocenters. The van der Waals surface area contributed by atoms with Gasteiger partial charge < -0.3 is 14.5 Å². The van der Waals surface area contributed by atoms with Gasteiger partial charge in [-0.1, -0.05) is 30.3 Å². The van der Waals surface area contributed by atoms with Gasteiger partial charge in [0.25, 0.3) is 0 Å². The fourth-order valence-corrected chi connectivity index (χ4v) is 1.81. The van der Waals surface area contributed by atoms with Gasteiger partial charge in [0.2, 0.25) is 0 Å². The number of ether oxygens (including phenoxy) is 1. The van der Waals surface area contributed by atoms with Gasteiger partial charge in [-0.3, -0.25) is 0 Å². The molecule has 0 aliphatic rings. The summed E-state index contributed by atoms with van der Waals surface area (Å²) in [4.78, 5) is 0. The van der Waals surface area contributed by atoms with E-state index in [2.05, 4.69) is 5.32 Å². The summed E-state index contributed by atoms with van der Waals surface area (Å²) < 4.78 is 11.3. The predicted octanol–water partition coefficient (Wildman–Crippen LogP) is 3.46. The Labute approximate surface area is 114 Å². The molecule has 3 heteroatoms. The van der Waals surface area contributed by atoms with Crippen LogP contribution in [0.25, 0.3) is 11.3 Å². The number of benzene rings is 1. The van der Waals surface area contributed by atoms with Crippen molar-refractivity contribution in [3.05, 3.63) is 48.2 Å². The number of nitrogens with one attached hydrogen (secondary N) is 1. The van der Waals surface area contributed by atoms with Gasteiger partial charge in [-0.05, 0) is 26.0 Å². The Morgan fingerprint density at radius 3 is 2.63 bits per heavy atom. The van der Waals surface area contributed by atoms with E-state index in [1.807, 2.05) is 56.3 Å². The molecule has 0 radical (unpaired) electrons. The van der Waals surface area contributed by atoms with Crippen molar-refractivity contribution in [1.82, 2.24) is 5.32 Å². The Balaban J connectivity index is 1.78. The van der Waals surface area contributed by atoms with E-state index in [0.717, 1.165) is 36.8 Å². The summed E-state index contributed by atoms with van der Waals surface area (Å²) in [6.07, 6.45) is 0.287. The molecular formula is C16H21NO2. The van der Waals surface area contributed by atoms with Crippen LogP contribution in [0, 0.1) is 0 Å². The number of furan rings is 1. The Bertz CT molecular complexity index is 477. The SMILES string of the molecule is CC(C)OCCNCc1ccc(-c2ccccc2)o1. The normalized spacial score (nSPS) is 11.1. The Hall–Kier alpha value is -1.58. The minimum absolute atomic E-state index is 0.287. The molecule has 0 fully saturated rings. The lowest BCUT2D eigenvalue weighted by molar-refractivity contribution is 0.0805. The molecule has 1 N–H and O–H groups in total. The van der Waals surface area contributed by atoms with E-state index in [1.165, 1.54) is 0 Å². The highest BCUT2D eigenvalue weighted by Crippen LogP contribution is 2.21. The van der Waals surface area contributed by atoms with E-state index >= 15 is 0 Å². The Morgan fingerprint density at radius 1 is 1.11 bits per heavy atom. The molecule has 1 aromatic heterocycles. The third-order valence-corrected chi connectivity index (χ3v) is 2.75. The molecule has 0 saturated heterocycles. The third kappa shape index (κ3) is 4.54. The van der Waals surface area contributed by atoms with Crippen molar-refractivity contribution in [2.75, 3.05) is 13.2 Å². The highest BCUT2D eigenvalue weighted by molar-refractivity contribution is 5.57. The van der Waals surface area contributed by atoms with Crippen LogP contribution in [-0.4, -0.2) is 19.3 Å². The topological polar surface area (TPSA) is 34.4 Å². The number of hydrogen-bond donors (Lipinski definition) is 1. The van der Waals surface area contributed by atoms with Crippen LogP contribution in [0.15, 0.2) is 46.9 Å². The highest BCUT2D eigenvalue weighted by atomic mass is 16.5. The molecule has 0 aliphatic heterocycles. The molecule has 1 aromatic carbocycles. The summed E-state index contributed by atoms with van der Waals surface area (Å²) in [6, 6.07) is 14.1. The predicted molar refractivity (Wildman–Crippen MR) is 76.9 cm³/mol. The first-order valence-electron chi connectivity index (χ1n) is 6.72. The highest BCUT2D eigenvalue weighted by Gasteiger charge is 2.03. The summed E-state index contributed by atoms with van der Waals surface area (Å²) in [7, 11) is 0. The van der Waals surface area contributed by atoms with Crippen molar-refractivity contribution >= 4 is 0 Å². The van der Waals surface area contributed by atoms with Crippen LogP contribution in [0.4, 0.5) is 0 Å². The Morgan fingerprint density at radius 2 is 1.89 bits per heavy atom. The first kappa shape index (κ1) is 13.8. The molecule has 0 spiro atoms. The van der Waals surface area contributed by atoms with Crippen LogP contribution >= 0.6 is 0 Å². The van der Waals surface area contributed by atoms with E-state index < -0.39 is 0 Å². The first-order chi connectivity index (χ1) is 9.25. The third-order valence-electron chi connectivity index (χ3n) is 2.75. The molecule has 102 valence electrons. The van der Waals surface area contributed by atoms with Crippen molar-refractivity contribution in [2.45, 2.75) is 26.5 Å². The maximum absolute atomic E-state index is 5.79. The zero-order chi connectivity index (χ0) is 13.5. The molecular weight excluding hydrogens is 238 g/mol. The molecule has 0 aliphatic carbocycles. The average molecular weight is 259 g/mol. The van der Waals surface area contributed by atoms with Crippen molar-refractivity contribution < 1.29 is 9.15 Å². The fraction of sp³-hybridized carbons (Fsp3) is 0.375. The number of rotatable bonds is 7. The summed E-state index contributed by atoms with van der Waals surface area (Å²) in [5.74, 6) is 1.86. The molecule has 0 saturated carbocycles. The van der Waals surface area contributed by atoms with Crippen LogP contribution in [0.2, 0.25) is 0 Å². The van der Waals surface area contributed by atoms with E-state index in [0.29, 0.717) is 0 Å². The van der Waals surface area contributed by atoms with Gasteiger partial charge in [0.1, 0.15) is 11.5 Å². The molecule has 2 aromatic rings. The molecule has 2 rings (SSSR count). The van der Waals surface area contributed by atoms with Gasteiger partial charge >= 0.3 is 0 Å². The molecule has 0 atom stereocenters. The van der Waals surface area contributed by atoms with Gasteiger partial charge in [0.15, 0.2) is 0 Å². The van der Waals surface area contributed by atoms with Gasteiger partial charge in [0.05, 0.1) is 19.3 Å². The standard InChI is InChI=1S/C16H21NO2/c1-13(2)18-11-10-17-12-15-8-9-16(19-15)14-6-4-3-5-7-14/h3-9,13,17H,10-12H2,1-2H3. The maximum Gasteiger partial charge on any atom is 0.134 e. The summed E-state index contributed by atoms with van der Waals surface area (Å²) in [5.41, 5.74) is 1.11. The second-order valence-electron chi connectivity index (χ2n) is 4.73. The average Bonchev–Trinajstić information content (AvgIpc) is 2.88. The second kappa shape index (κ2) is 7.12. The van der Waals surface area contributed by atoms with Crippen LogP contribution in [0.3, 0.4) is 0 Å². The zero-order valence-corrected chi connectivity index (χ0v) is 11.6. The maximum atomic E-state index is 5.79. The molecule has 0 bridgehead atoms. The van der Waals surface area contributed by atoms with Gasteiger partial charge in [-0.25, -0.2) is 0 Å². The largest absolute Gasteiger partial charge is 0.460 e. The van der Waals surface area contributed by atoms with Gasteiger partial charge in [-0.2, -0.15) is 0 Å². The summed E-state index contributed by atoms with van der Waals surface area (Å²) in [5, 5.41) is 3.30. The zero-order valence-electron chi connectivity index (χ0n) is 11.6.